The van der Waals surface area contributed by atoms with E-state index in [4.69, 9.17) is 4.74 Å². The molecule has 1 saturated carbocycles. The van der Waals surface area contributed by atoms with Crippen molar-refractivity contribution in [1.29, 1.82) is 0 Å². The third-order valence-corrected chi connectivity index (χ3v) is 3.03. The molecule has 0 aromatic rings. The highest BCUT2D eigenvalue weighted by atomic mass is 16.5. The Labute approximate surface area is 102 Å². The fourth-order valence-electron chi connectivity index (χ4n) is 2.09. The standard InChI is InChI=1S/C12H21NO4/c1-9(2)17-8-5-10(14)13-12(11(15)16)6-3-4-7-12/h9H,3-8H2,1-2H3,(H,13,14)(H,15,16). The van der Waals surface area contributed by atoms with E-state index in [0.717, 1.165) is 12.8 Å². The summed E-state index contributed by atoms with van der Waals surface area (Å²) >= 11 is 0. The molecule has 0 aliphatic heterocycles. The van der Waals surface area contributed by atoms with Crippen molar-refractivity contribution in [2.75, 3.05) is 6.61 Å². The normalized spacial score (nSPS) is 18.3. The van der Waals surface area contributed by atoms with Gasteiger partial charge in [-0.2, -0.15) is 0 Å². The van der Waals surface area contributed by atoms with Gasteiger partial charge in [-0.05, 0) is 26.7 Å². The minimum absolute atomic E-state index is 0.0858. The lowest BCUT2D eigenvalue weighted by molar-refractivity contribution is -0.147. The van der Waals surface area contributed by atoms with Crippen LogP contribution in [0.25, 0.3) is 0 Å². The number of ether oxygens (including phenoxy) is 1. The first-order chi connectivity index (χ1) is 7.96. The van der Waals surface area contributed by atoms with E-state index < -0.39 is 11.5 Å². The molecule has 0 aromatic carbocycles. The summed E-state index contributed by atoms with van der Waals surface area (Å²) in [6.07, 6.45) is 3.07. The second kappa shape index (κ2) is 6.00. The quantitative estimate of drug-likeness (QED) is 0.737. The molecule has 0 saturated heterocycles. The van der Waals surface area contributed by atoms with Gasteiger partial charge in [-0.3, -0.25) is 4.79 Å². The lowest BCUT2D eigenvalue weighted by atomic mass is 9.97. The lowest BCUT2D eigenvalue weighted by Crippen LogP contribution is -2.52. The summed E-state index contributed by atoms with van der Waals surface area (Å²) in [6.45, 7) is 4.13. The maximum atomic E-state index is 11.6. The molecule has 17 heavy (non-hydrogen) atoms. The van der Waals surface area contributed by atoms with Crippen LogP contribution in [0, 0.1) is 0 Å². The van der Waals surface area contributed by atoms with Crippen LogP contribution in [-0.2, 0) is 14.3 Å². The number of nitrogens with one attached hydrogen (secondary N) is 1. The predicted molar refractivity (Wildman–Crippen MR) is 62.7 cm³/mol. The second-order valence-corrected chi connectivity index (χ2v) is 4.81. The van der Waals surface area contributed by atoms with Crippen LogP contribution in [0.15, 0.2) is 0 Å². The molecule has 1 aliphatic rings. The van der Waals surface area contributed by atoms with Gasteiger partial charge in [0.15, 0.2) is 0 Å². The fraction of sp³-hybridized carbons (Fsp3) is 0.833. The summed E-state index contributed by atoms with van der Waals surface area (Å²) in [5, 5.41) is 11.8. The van der Waals surface area contributed by atoms with Crippen LogP contribution in [0.3, 0.4) is 0 Å². The molecule has 0 unspecified atom stereocenters. The number of amides is 1. The van der Waals surface area contributed by atoms with Gasteiger partial charge in [0.05, 0.1) is 12.7 Å². The van der Waals surface area contributed by atoms with Gasteiger partial charge in [0.2, 0.25) is 5.91 Å². The number of carbonyl (C=O) groups is 2. The summed E-state index contributed by atoms with van der Waals surface area (Å²) in [5.74, 6) is -1.16. The minimum atomic E-state index is -1.03. The average molecular weight is 243 g/mol. The van der Waals surface area contributed by atoms with E-state index >= 15 is 0 Å². The van der Waals surface area contributed by atoms with Crippen molar-refractivity contribution in [3.05, 3.63) is 0 Å². The van der Waals surface area contributed by atoms with Gasteiger partial charge in [0.25, 0.3) is 0 Å². The number of carboxylic acids is 1. The first-order valence-electron chi connectivity index (χ1n) is 6.12. The Morgan fingerprint density at radius 2 is 1.94 bits per heavy atom. The lowest BCUT2D eigenvalue weighted by Gasteiger charge is -2.25. The molecule has 5 nitrogen and oxygen atoms in total. The SMILES string of the molecule is CC(C)OCCC(=O)NC1(C(=O)O)CCCC1. The number of carbonyl (C=O) groups excluding carboxylic acids is 1. The molecule has 2 N–H and O–H groups in total. The van der Waals surface area contributed by atoms with Crippen molar-refractivity contribution in [1.82, 2.24) is 5.32 Å². The molecule has 1 aliphatic carbocycles. The Hall–Kier alpha value is -1.10. The number of hydrogen-bond donors (Lipinski definition) is 2. The molecule has 0 bridgehead atoms. The van der Waals surface area contributed by atoms with Gasteiger partial charge >= 0.3 is 5.97 Å². The van der Waals surface area contributed by atoms with Crippen molar-refractivity contribution < 1.29 is 19.4 Å². The highest BCUT2D eigenvalue weighted by Crippen LogP contribution is 2.29. The van der Waals surface area contributed by atoms with Crippen molar-refractivity contribution >= 4 is 11.9 Å². The zero-order valence-electron chi connectivity index (χ0n) is 10.5. The Kier molecular flexibility index (Phi) is 4.93. The van der Waals surface area contributed by atoms with Gasteiger partial charge in [0, 0.05) is 6.42 Å². The van der Waals surface area contributed by atoms with Crippen LogP contribution in [-0.4, -0.2) is 35.2 Å². The maximum absolute atomic E-state index is 11.6. The average Bonchev–Trinajstić information content (AvgIpc) is 2.66. The van der Waals surface area contributed by atoms with Crippen LogP contribution in [0.2, 0.25) is 0 Å². The molecule has 0 aromatic heterocycles. The zero-order chi connectivity index (χ0) is 12.9. The number of carboxylic acid groups (broad SMARTS) is 1. The van der Waals surface area contributed by atoms with Gasteiger partial charge in [-0.1, -0.05) is 12.8 Å². The highest BCUT2D eigenvalue weighted by molar-refractivity contribution is 5.87. The Morgan fingerprint density at radius 1 is 1.35 bits per heavy atom. The van der Waals surface area contributed by atoms with Gasteiger partial charge in [-0.25, -0.2) is 4.79 Å². The van der Waals surface area contributed by atoms with E-state index in [0.29, 0.717) is 19.4 Å². The molecule has 0 heterocycles. The smallest absolute Gasteiger partial charge is 0.329 e. The molecule has 0 radical (unpaired) electrons. The van der Waals surface area contributed by atoms with Crippen molar-refractivity contribution in [3.8, 4) is 0 Å². The molecule has 1 amide bonds. The molecule has 98 valence electrons. The van der Waals surface area contributed by atoms with Crippen LogP contribution in [0.5, 0.6) is 0 Å². The Morgan fingerprint density at radius 3 is 2.41 bits per heavy atom. The molecule has 1 rings (SSSR count). The van der Waals surface area contributed by atoms with E-state index in [2.05, 4.69) is 5.32 Å². The van der Waals surface area contributed by atoms with Crippen molar-refractivity contribution in [2.24, 2.45) is 0 Å². The molecular weight excluding hydrogens is 222 g/mol. The molecular formula is C12H21NO4. The van der Waals surface area contributed by atoms with Crippen molar-refractivity contribution in [3.63, 3.8) is 0 Å². The Bertz CT molecular complexity index is 282. The van der Waals surface area contributed by atoms with E-state index in [9.17, 15) is 14.7 Å². The van der Waals surface area contributed by atoms with Crippen molar-refractivity contribution in [2.45, 2.75) is 57.6 Å². The van der Waals surface area contributed by atoms with E-state index in [1.165, 1.54) is 0 Å². The third-order valence-electron chi connectivity index (χ3n) is 3.03. The van der Waals surface area contributed by atoms with Crippen LogP contribution in [0.4, 0.5) is 0 Å². The van der Waals surface area contributed by atoms with E-state index in [1.807, 2.05) is 13.8 Å². The van der Waals surface area contributed by atoms with Gasteiger partial charge in [-0.15, -0.1) is 0 Å². The number of rotatable bonds is 6. The number of aliphatic carboxylic acids is 1. The van der Waals surface area contributed by atoms with Crippen LogP contribution < -0.4 is 5.32 Å². The van der Waals surface area contributed by atoms with Gasteiger partial charge in [0.1, 0.15) is 5.54 Å². The highest BCUT2D eigenvalue weighted by Gasteiger charge is 2.42. The Balaban J connectivity index is 2.40. The summed E-state index contributed by atoms with van der Waals surface area (Å²) in [4.78, 5) is 22.8. The van der Waals surface area contributed by atoms with Crippen LogP contribution >= 0.6 is 0 Å². The van der Waals surface area contributed by atoms with Crippen LogP contribution in [0.1, 0.15) is 46.0 Å². The van der Waals surface area contributed by atoms with E-state index in [-0.39, 0.29) is 18.4 Å². The first kappa shape index (κ1) is 14.0. The zero-order valence-corrected chi connectivity index (χ0v) is 10.5. The largest absolute Gasteiger partial charge is 0.480 e. The second-order valence-electron chi connectivity index (χ2n) is 4.81. The monoisotopic (exact) mass is 243 g/mol. The molecule has 1 fully saturated rings. The van der Waals surface area contributed by atoms with E-state index in [1.54, 1.807) is 0 Å². The third kappa shape index (κ3) is 4.00. The fourth-order valence-corrected chi connectivity index (χ4v) is 2.09. The minimum Gasteiger partial charge on any atom is -0.480 e. The summed E-state index contributed by atoms with van der Waals surface area (Å²) in [7, 11) is 0. The summed E-state index contributed by atoms with van der Waals surface area (Å²) in [5.41, 5.74) is -1.03. The summed E-state index contributed by atoms with van der Waals surface area (Å²) in [6, 6.07) is 0. The predicted octanol–water partition coefficient (Wildman–Crippen LogP) is 1.32. The molecule has 0 spiro atoms. The molecule has 0 atom stereocenters. The maximum Gasteiger partial charge on any atom is 0.329 e. The first-order valence-corrected chi connectivity index (χ1v) is 6.12. The summed E-state index contributed by atoms with van der Waals surface area (Å²) < 4.78 is 5.26. The number of hydrogen-bond acceptors (Lipinski definition) is 3. The molecule has 5 heteroatoms. The topological polar surface area (TPSA) is 75.6 Å². The van der Waals surface area contributed by atoms with Gasteiger partial charge < -0.3 is 15.2 Å².